The highest BCUT2D eigenvalue weighted by Gasteiger charge is 2.01. The first-order valence-electron chi connectivity index (χ1n) is 5.20. The number of amides is 1. The zero-order chi connectivity index (χ0) is 11.5. The number of carbonyl (C=O) groups excluding carboxylic acids is 1. The van der Waals surface area contributed by atoms with E-state index in [-0.39, 0.29) is 11.9 Å². The number of hydrogen-bond donors (Lipinski definition) is 2. The standard InChI is InChI=1S/C11H20N2OS/c1-3-8-15-9-7-13-11(14)6-4-5-10(2)12/h1,10H,4-9,12H2,2H3,(H,13,14). The number of terminal acetylenes is 1. The molecule has 1 atom stereocenters. The van der Waals surface area contributed by atoms with E-state index in [2.05, 4.69) is 11.2 Å². The van der Waals surface area contributed by atoms with E-state index in [0.29, 0.717) is 18.7 Å². The predicted molar refractivity (Wildman–Crippen MR) is 66.7 cm³/mol. The van der Waals surface area contributed by atoms with Gasteiger partial charge >= 0.3 is 0 Å². The van der Waals surface area contributed by atoms with Crippen LogP contribution in [-0.2, 0) is 4.79 Å². The van der Waals surface area contributed by atoms with Gasteiger partial charge in [0.15, 0.2) is 0 Å². The number of hydrogen-bond acceptors (Lipinski definition) is 3. The summed E-state index contributed by atoms with van der Waals surface area (Å²) in [4.78, 5) is 11.3. The first-order chi connectivity index (χ1) is 7.16. The van der Waals surface area contributed by atoms with E-state index in [4.69, 9.17) is 12.2 Å². The maximum atomic E-state index is 11.3. The summed E-state index contributed by atoms with van der Waals surface area (Å²) >= 11 is 1.65. The molecule has 0 aromatic heterocycles. The molecule has 0 aliphatic heterocycles. The average molecular weight is 228 g/mol. The second kappa shape index (κ2) is 9.88. The quantitative estimate of drug-likeness (QED) is 0.481. The van der Waals surface area contributed by atoms with Gasteiger partial charge in [0.2, 0.25) is 5.91 Å². The number of thioether (sulfide) groups is 1. The van der Waals surface area contributed by atoms with E-state index in [1.807, 2.05) is 6.92 Å². The predicted octanol–water partition coefficient (Wildman–Crippen LogP) is 0.987. The Morgan fingerprint density at radius 2 is 2.40 bits per heavy atom. The molecule has 0 fully saturated rings. The van der Waals surface area contributed by atoms with Crippen molar-refractivity contribution in [3.8, 4) is 12.3 Å². The molecule has 0 aliphatic rings. The van der Waals surface area contributed by atoms with Gasteiger partial charge in [-0.25, -0.2) is 0 Å². The maximum absolute atomic E-state index is 11.3. The van der Waals surface area contributed by atoms with Crippen molar-refractivity contribution in [2.75, 3.05) is 18.1 Å². The van der Waals surface area contributed by atoms with E-state index in [1.165, 1.54) is 0 Å². The topological polar surface area (TPSA) is 55.1 Å². The lowest BCUT2D eigenvalue weighted by atomic mass is 10.1. The summed E-state index contributed by atoms with van der Waals surface area (Å²) in [6, 6.07) is 0.184. The van der Waals surface area contributed by atoms with E-state index < -0.39 is 0 Å². The van der Waals surface area contributed by atoms with Gasteiger partial charge in [-0.15, -0.1) is 18.2 Å². The fraction of sp³-hybridized carbons (Fsp3) is 0.727. The monoisotopic (exact) mass is 228 g/mol. The van der Waals surface area contributed by atoms with Gasteiger partial charge in [-0.05, 0) is 19.8 Å². The summed E-state index contributed by atoms with van der Waals surface area (Å²) in [5, 5.41) is 2.85. The van der Waals surface area contributed by atoms with Crippen molar-refractivity contribution in [2.45, 2.75) is 32.2 Å². The molecule has 0 aliphatic carbocycles. The van der Waals surface area contributed by atoms with Gasteiger partial charge in [-0.3, -0.25) is 4.79 Å². The van der Waals surface area contributed by atoms with Crippen molar-refractivity contribution in [3.05, 3.63) is 0 Å². The van der Waals surface area contributed by atoms with Crippen molar-refractivity contribution < 1.29 is 4.79 Å². The Balaban J connectivity index is 3.23. The molecule has 0 saturated carbocycles. The van der Waals surface area contributed by atoms with E-state index in [0.717, 1.165) is 18.6 Å². The number of nitrogens with two attached hydrogens (primary N) is 1. The van der Waals surface area contributed by atoms with E-state index >= 15 is 0 Å². The fourth-order valence-electron chi connectivity index (χ4n) is 1.07. The van der Waals surface area contributed by atoms with Crippen LogP contribution in [0.1, 0.15) is 26.2 Å². The van der Waals surface area contributed by atoms with Gasteiger partial charge in [0.1, 0.15) is 0 Å². The summed E-state index contributed by atoms with van der Waals surface area (Å²) < 4.78 is 0. The lowest BCUT2D eigenvalue weighted by Crippen LogP contribution is -2.26. The molecule has 86 valence electrons. The molecule has 0 aromatic carbocycles. The van der Waals surface area contributed by atoms with Crippen molar-refractivity contribution >= 4 is 17.7 Å². The molecule has 0 saturated heterocycles. The molecule has 4 heteroatoms. The zero-order valence-electron chi connectivity index (χ0n) is 9.29. The molecule has 0 spiro atoms. The Kier molecular flexibility index (Phi) is 9.44. The SMILES string of the molecule is C#CCSCCNC(=O)CCCC(C)N. The van der Waals surface area contributed by atoms with Crippen LogP contribution < -0.4 is 11.1 Å². The molecular formula is C11H20N2OS. The highest BCUT2D eigenvalue weighted by atomic mass is 32.2. The number of carbonyl (C=O) groups is 1. The Hall–Kier alpha value is -0.660. The minimum atomic E-state index is 0.108. The largest absolute Gasteiger partial charge is 0.355 e. The van der Waals surface area contributed by atoms with Crippen LogP contribution in [0.2, 0.25) is 0 Å². The van der Waals surface area contributed by atoms with E-state index in [9.17, 15) is 4.79 Å². The molecule has 0 aromatic rings. The Bertz CT molecular complexity index is 211. The van der Waals surface area contributed by atoms with Gasteiger partial charge < -0.3 is 11.1 Å². The number of nitrogens with one attached hydrogen (secondary N) is 1. The molecule has 1 amide bonds. The van der Waals surface area contributed by atoms with Crippen LogP contribution in [0.15, 0.2) is 0 Å². The molecular weight excluding hydrogens is 208 g/mol. The molecule has 0 rings (SSSR count). The minimum Gasteiger partial charge on any atom is -0.355 e. The van der Waals surface area contributed by atoms with Crippen LogP contribution in [0.4, 0.5) is 0 Å². The molecule has 0 radical (unpaired) electrons. The zero-order valence-corrected chi connectivity index (χ0v) is 10.1. The number of rotatable bonds is 8. The fourth-order valence-corrected chi connectivity index (χ4v) is 1.58. The summed E-state index contributed by atoms with van der Waals surface area (Å²) in [7, 11) is 0. The molecule has 3 N–H and O–H groups in total. The van der Waals surface area contributed by atoms with Gasteiger partial charge in [0, 0.05) is 24.8 Å². The average Bonchev–Trinajstić information content (AvgIpc) is 2.17. The van der Waals surface area contributed by atoms with Gasteiger partial charge in [0.25, 0.3) is 0 Å². The van der Waals surface area contributed by atoms with Crippen LogP contribution >= 0.6 is 11.8 Å². The van der Waals surface area contributed by atoms with Crippen LogP contribution in [0.25, 0.3) is 0 Å². The lowest BCUT2D eigenvalue weighted by Gasteiger charge is -2.05. The van der Waals surface area contributed by atoms with E-state index in [1.54, 1.807) is 11.8 Å². The summed E-state index contributed by atoms with van der Waals surface area (Å²) in [5.74, 6) is 4.23. The van der Waals surface area contributed by atoms with Crippen LogP contribution in [0.5, 0.6) is 0 Å². The highest BCUT2D eigenvalue weighted by Crippen LogP contribution is 1.99. The second-order valence-electron chi connectivity index (χ2n) is 3.48. The first kappa shape index (κ1) is 14.3. The Morgan fingerprint density at radius 3 is 3.00 bits per heavy atom. The first-order valence-corrected chi connectivity index (χ1v) is 6.35. The third kappa shape index (κ3) is 11.3. The summed E-state index contributed by atoms with van der Waals surface area (Å²) in [6.45, 7) is 2.65. The van der Waals surface area contributed by atoms with Crippen LogP contribution in [0.3, 0.4) is 0 Å². The molecule has 3 nitrogen and oxygen atoms in total. The smallest absolute Gasteiger partial charge is 0.220 e. The third-order valence-corrected chi connectivity index (χ3v) is 2.68. The lowest BCUT2D eigenvalue weighted by molar-refractivity contribution is -0.121. The minimum absolute atomic E-state index is 0.108. The van der Waals surface area contributed by atoms with Gasteiger partial charge in [-0.2, -0.15) is 0 Å². The molecule has 0 bridgehead atoms. The van der Waals surface area contributed by atoms with Crippen molar-refractivity contribution in [1.29, 1.82) is 0 Å². The Morgan fingerprint density at radius 1 is 1.67 bits per heavy atom. The molecule has 1 unspecified atom stereocenters. The molecule has 0 heterocycles. The van der Waals surface area contributed by atoms with Crippen LogP contribution in [-0.4, -0.2) is 30.0 Å². The van der Waals surface area contributed by atoms with Crippen molar-refractivity contribution in [2.24, 2.45) is 5.73 Å². The van der Waals surface area contributed by atoms with Gasteiger partial charge in [-0.1, -0.05) is 5.92 Å². The van der Waals surface area contributed by atoms with Crippen molar-refractivity contribution in [3.63, 3.8) is 0 Å². The third-order valence-electron chi connectivity index (χ3n) is 1.82. The Labute approximate surface area is 96.6 Å². The molecule has 15 heavy (non-hydrogen) atoms. The maximum Gasteiger partial charge on any atom is 0.220 e. The normalized spacial score (nSPS) is 11.8. The highest BCUT2D eigenvalue weighted by molar-refractivity contribution is 7.99. The van der Waals surface area contributed by atoms with Gasteiger partial charge in [0.05, 0.1) is 5.75 Å². The van der Waals surface area contributed by atoms with Crippen LogP contribution in [0, 0.1) is 12.3 Å². The van der Waals surface area contributed by atoms with Crippen molar-refractivity contribution in [1.82, 2.24) is 5.32 Å². The summed E-state index contributed by atoms with van der Waals surface area (Å²) in [5.41, 5.74) is 5.58. The second-order valence-corrected chi connectivity index (χ2v) is 4.58. The summed E-state index contributed by atoms with van der Waals surface area (Å²) in [6.07, 6.45) is 7.43.